The van der Waals surface area contributed by atoms with Crippen LogP contribution >= 0.6 is 11.6 Å². The van der Waals surface area contributed by atoms with Gasteiger partial charge in [-0.25, -0.2) is 5.43 Å². The predicted octanol–water partition coefficient (Wildman–Crippen LogP) is 5.51. The number of carbonyl (C=O) groups excluding carboxylic acids is 2. The van der Waals surface area contributed by atoms with Crippen LogP contribution in [0.1, 0.15) is 42.3 Å². The minimum atomic E-state index is -0.599. The lowest BCUT2D eigenvalue weighted by Crippen LogP contribution is -2.33. The van der Waals surface area contributed by atoms with Crippen LogP contribution < -0.4 is 25.1 Å². The zero-order valence-corrected chi connectivity index (χ0v) is 23.3. The van der Waals surface area contributed by atoms with Gasteiger partial charge in [0.05, 0.1) is 30.5 Å². The average molecular weight is 549 g/mol. The van der Waals surface area contributed by atoms with Gasteiger partial charge in [0.25, 0.3) is 11.8 Å². The molecule has 2 amide bonds. The van der Waals surface area contributed by atoms with Crippen molar-refractivity contribution in [2.24, 2.45) is 5.10 Å². The number of ether oxygens (including phenoxy) is 2. The first kappa shape index (κ1) is 29.3. The van der Waals surface area contributed by atoms with Crippen molar-refractivity contribution in [2.45, 2.75) is 20.8 Å². The molecule has 8 nitrogen and oxygen atoms in total. The monoisotopic (exact) mass is 548 g/mol. The Balaban J connectivity index is 1.85. The highest BCUT2D eigenvalue weighted by Gasteiger charge is 2.16. The van der Waals surface area contributed by atoms with E-state index in [0.29, 0.717) is 23.7 Å². The van der Waals surface area contributed by atoms with E-state index in [0.717, 1.165) is 24.3 Å². The topological polar surface area (TPSA) is 92.3 Å². The zero-order valence-electron chi connectivity index (χ0n) is 22.5. The van der Waals surface area contributed by atoms with Gasteiger partial charge in [-0.1, -0.05) is 35.9 Å². The number of benzene rings is 3. The van der Waals surface area contributed by atoms with Gasteiger partial charge >= 0.3 is 0 Å². The number of anilines is 1. The molecule has 0 saturated carbocycles. The molecule has 9 heteroatoms. The summed E-state index contributed by atoms with van der Waals surface area (Å²) in [6.07, 6.45) is 3.07. The summed E-state index contributed by atoms with van der Waals surface area (Å²) >= 11 is 6.20. The number of methoxy groups -OCH3 is 1. The summed E-state index contributed by atoms with van der Waals surface area (Å²) in [6.45, 7) is 8.30. The molecule has 3 rings (SSSR count). The molecule has 0 aliphatic rings. The first-order valence-electron chi connectivity index (χ1n) is 12.7. The van der Waals surface area contributed by atoms with Crippen LogP contribution in [0, 0.1) is 0 Å². The standard InChI is InChI=1S/C30H33ClN4O4/c1-5-35(6-2)23-15-12-21(13-16-23)18-26(33-29(36)24-10-8-9-11-25(24)31)30(37)34-32-20-22-14-17-27(38-4)28(19-22)39-7-3/h8-20H,5-7H2,1-4H3,(H,33,36)(H,34,37). The molecule has 0 spiro atoms. The lowest BCUT2D eigenvalue weighted by molar-refractivity contribution is -0.117. The first-order valence-corrected chi connectivity index (χ1v) is 13.0. The number of hydrazone groups is 1. The van der Waals surface area contributed by atoms with Crippen molar-refractivity contribution in [3.05, 3.63) is 94.1 Å². The van der Waals surface area contributed by atoms with Crippen LogP contribution in [0.25, 0.3) is 6.08 Å². The molecule has 3 aromatic carbocycles. The number of hydrogen-bond donors (Lipinski definition) is 2. The molecule has 0 unspecified atom stereocenters. The third kappa shape index (κ3) is 8.09. The highest BCUT2D eigenvalue weighted by molar-refractivity contribution is 6.34. The van der Waals surface area contributed by atoms with Gasteiger partial charge in [-0.3, -0.25) is 9.59 Å². The smallest absolute Gasteiger partial charge is 0.287 e. The zero-order chi connectivity index (χ0) is 28.2. The van der Waals surface area contributed by atoms with E-state index in [9.17, 15) is 9.59 Å². The van der Waals surface area contributed by atoms with Gasteiger partial charge in [0.1, 0.15) is 5.70 Å². The largest absolute Gasteiger partial charge is 0.493 e. The molecule has 0 aromatic heterocycles. The van der Waals surface area contributed by atoms with Crippen molar-refractivity contribution in [3.63, 3.8) is 0 Å². The fourth-order valence-corrected chi connectivity index (χ4v) is 4.02. The lowest BCUT2D eigenvalue weighted by atomic mass is 10.1. The maximum Gasteiger partial charge on any atom is 0.287 e. The fourth-order valence-electron chi connectivity index (χ4n) is 3.80. The Morgan fingerprint density at radius 2 is 1.64 bits per heavy atom. The molecule has 0 aliphatic carbocycles. The molecule has 0 bridgehead atoms. The van der Waals surface area contributed by atoms with Crippen molar-refractivity contribution >= 4 is 41.4 Å². The summed E-state index contributed by atoms with van der Waals surface area (Å²) in [5, 5.41) is 7.03. The molecule has 0 heterocycles. The van der Waals surface area contributed by atoms with Crippen molar-refractivity contribution in [1.82, 2.24) is 10.7 Å². The first-order chi connectivity index (χ1) is 18.9. The Labute approximate surface area is 234 Å². The molecule has 204 valence electrons. The van der Waals surface area contributed by atoms with Gasteiger partial charge in [-0.2, -0.15) is 5.10 Å². The molecule has 0 radical (unpaired) electrons. The third-order valence-corrected chi connectivity index (χ3v) is 6.14. The van der Waals surface area contributed by atoms with E-state index in [1.807, 2.05) is 31.2 Å². The van der Waals surface area contributed by atoms with Crippen molar-refractivity contribution < 1.29 is 19.1 Å². The SMILES string of the molecule is CCOc1cc(C=NNC(=O)C(=Cc2ccc(N(CC)CC)cc2)NC(=O)c2ccccc2Cl)ccc1OC. The second-order valence-electron chi connectivity index (χ2n) is 8.30. The number of hydrogen-bond acceptors (Lipinski definition) is 6. The Kier molecular flexibility index (Phi) is 10.9. The Bertz CT molecular complexity index is 1340. The molecular formula is C30H33ClN4O4. The van der Waals surface area contributed by atoms with Crippen molar-refractivity contribution in [3.8, 4) is 11.5 Å². The van der Waals surface area contributed by atoms with Crippen LogP contribution in [0.3, 0.4) is 0 Å². The number of nitrogens with zero attached hydrogens (tertiary/aromatic N) is 2. The van der Waals surface area contributed by atoms with Crippen molar-refractivity contribution in [1.29, 1.82) is 0 Å². The highest BCUT2D eigenvalue weighted by atomic mass is 35.5. The van der Waals surface area contributed by atoms with E-state index >= 15 is 0 Å². The maximum atomic E-state index is 13.1. The van der Waals surface area contributed by atoms with Gasteiger partial charge in [-0.05, 0) is 80.4 Å². The van der Waals surface area contributed by atoms with Crippen molar-refractivity contribution in [2.75, 3.05) is 31.7 Å². The van der Waals surface area contributed by atoms with Gasteiger partial charge in [0.2, 0.25) is 0 Å². The second kappa shape index (κ2) is 14.6. The molecule has 2 N–H and O–H groups in total. The molecule has 3 aromatic rings. The summed E-state index contributed by atoms with van der Waals surface area (Å²) in [5.74, 6) is 0.0499. The minimum Gasteiger partial charge on any atom is -0.493 e. The summed E-state index contributed by atoms with van der Waals surface area (Å²) in [4.78, 5) is 28.3. The van der Waals surface area contributed by atoms with E-state index in [2.05, 4.69) is 34.6 Å². The molecular weight excluding hydrogens is 516 g/mol. The number of amides is 2. The Morgan fingerprint density at radius 1 is 0.949 bits per heavy atom. The number of nitrogens with one attached hydrogen (secondary N) is 2. The van der Waals surface area contributed by atoms with E-state index in [1.165, 1.54) is 6.21 Å². The van der Waals surface area contributed by atoms with Crippen LogP contribution in [0.4, 0.5) is 5.69 Å². The predicted molar refractivity (Wildman–Crippen MR) is 157 cm³/mol. The van der Waals surface area contributed by atoms with Gasteiger partial charge in [0, 0.05) is 18.8 Å². The molecule has 39 heavy (non-hydrogen) atoms. The van der Waals surface area contributed by atoms with Crippen LogP contribution in [0.15, 0.2) is 77.5 Å². The van der Waals surface area contributed by atoms with E-state index in [-0.39, 0.29) is 16.3 Å². The number of carbonyl (C=O) groups is 2. The number of halogens is 1. The highest BCUT2D eigenvalue weighted by Crippen LogP contribution is 2.27. The molecule has 0 saturated heterocycles. The third-order valence-electron chi connectivity index (χ3n) is 5.81. The fraction of sp³-hybridized carbons (Fsp3) is 0.233. The number of rotatable bonds is 12. The van der Waals surface area contributed by atoms with Crippen LogP contribution in [-0.4, -0.2) is 44.8 Å². The summed E-state index contributed by atoms with van der Waals surface area (Å²) < 4.78 is 10.9. The second-order valence-corrected chi connectivity index (χ2v) is 8.71. The van der Waals surface area contributed by atoms with Gasteiger partial charge in [-0.15, -0.1) is 0 Å². The molecule has 0 fully saturated rings. The van der Waals surface area contributed by atoms with Gasteiger partial charge < -0.3 is 19.7 Å². The van der Waals surface area contributed by atoms with E-state index in [1.54, 1.807) is 55.7 Å². The summed E-state index contributed by atoms with van der Waals surface area (Å²) in [5.41, 5.74) is 5.24. The minimum absolute atomic E-state index is 0.0115. The van der Waals surface area contributed by atoms with Crippen LogP contribution in [0.5, 0.6) is 11.5 Å². The average Bonchev–Trinajstić information content (AvgIpc) is 2.94. The van der Waals surface area contributed by atoms with Gasteiger partial charge in [0.15, 0.2) is 11.5 Å². The molecule has 0 aliphatic heterocycles. The summed E-state index contributed by atoms with van der Waals surface area (Å²) in [6, 6.07) is 19.6. The Morgan fingerprint density at radius 3 is 2.28 bits per heavy atom. The Hall–Kier alpha value is -4.30. The van der Waals surface area contributed by atoms with E-state index < -0.39 is 11.8 Å². The summed E-state index contributed by atoms with van der Waals surface area (Å²) in [7, 11) is 1.56. The lowest BCUT2D eigenvalue weighted by Gasteiger charge is -2.21. The van der Waals surface area contributed by atoms with Crippen LogP contribution in [-0.2, 0) is 4.79 Å². The van der Waals surface area contributed by atoms with E-state index in [4.69, 9.17) is 21.1 Å². The normalized spacial score (nSPS) is 11.3. The maximum absolute atomic E-state index is 13.1. The van der Waals surface area contributed by atoms with Crippen LogP contribution in [0.2, 0.25) is 5.02 Å². The quantitative estimate of drug-likeness (QED) is 0.177. The molecule has 0 atom stereocenters.